The van der Waals surface area contributed by atoms with Crippen LogP contribution in [0, 0.1) is 0 Å². The molecule has 0 saturated carbocycles. The molecule has 0 atom stereocenters. The van der Waals surface area contributed by atoms with E-state index in [1.807, 2.05) is 24.3 Å². The van der Waals surface area contributed by atoms with Crippen molar-refractivity contribution in [2.75, 3.05) is 20.8 Å². The lowest BCUT2D eigenvalue weighted by Crippen LogP contribution is -1.99. The summed E-state index contributed by atoms with van der Waals surface area (Å²) in [6.07, 6.45) is 0.869. The van der Waals surface area contributed by atoms with E-state index in [1.54, 1.807) is 20.3 Å². The van der Waals surface area contributed by atoms with Crippen LogP contribution >= 0.6 is 11.6 Å². The Balaban J connectivity index is 2.07. The highest BCUT2D eigenvalue weighted by Crippen LogP contribution is 2.22. The van der Waals surface area contributed by atoms with Crippen molar-refractivity contribution in [1.82, 2.24) is 9.97 Å². The molecule has 0 aliphatic rings. The summed E-state index contributed by atoms with van der Waals surface area (Å²) in [4.78, 5) is 8.28. The fourth-order valence-electron chi connectivity index (χ4n) is 1.75. The van der Waals surface area contributed by atoms with Gasteiger partial charge in [-0.25, -0.2) is 4.98 Å². The normalized spacial score (nSPS) is 10.6. The molecule has 0 bridgehead atoms. The van der Waals surface area contributed by atoms with Gasteiger partial charge in [-0.05, 0) is 24.1 Å². The van der Waals surface area contributed by atoms with Gasteiger partial charge in [-0.1, -0.05) is 23.7 Å². The molecule has 5 nitrogen and oxygen atoms in total. The molecule has 0 aliphatic carbocycles. The zero-order valence-electron chi connectivity index (χ0n) is 12.0. The maximum absolute atomic E-state index is 5.93. The minimum Gasteiger partial charge on any atom is -0.439 e. The number of hydrogen-bond acceptors (Lipinski definition) is 5. The molecule has 112 valence electrons. The Morgan fingerprint density at radius 1 is 1.05 bits per heavy atom. The highest BCUT2D eigenvalue weighted by molar-refractivity contribution is 6.29. The predicted octanol–water partition coefficient (Wildman–Crippen LogP) is 3.26. The van der Waals surface area contributed by atoms with Crippen LogP contribution in [0.5, 0.6) is 11.6 Å². The van der Waals surface area contributed by atoms with E-state index in [4.69, 9.17) is 25.8 Å². The highest BCUT2D eigenvalue weighted by atomic mass is 35.5. The predicted molar refractivity (Wildman–Crippen MR) is 79.9 cm³/mol. The lowest BCUT2D eigenvalue weighted by molar-refractivity contribution is 0.177. The van der Waals surface area contributed by atoms with Crippen molar-refractivity contribution < 1.29 is 14.2 Å². The first-order valence-corrected chi connectivity index (χ1v) is 6.87. The van der Waals surface area contributed by atoms with Gasteiger partial charge in [-0.2, -0.15) is 4.98 Å². The average Bonchev–Trinajstić information content (AvgIpc) is 2.46. The molecule has 1 aromatic heterocycles. The van der Waals surface area contributed by atoms with Gasteiger partial charge in [0.15, 0.2) is 5.82 Å². The first-order valence-electron chi connectivity index (χ1n) is 6.49. The maximum atomic E-state index is 5.93. The number of ether oxygens (including phenoxy) is 3. The van der Waals surface area contributed by atoms with Gasteiger partial charge in [-0.15, -0.1) is 0 Å². The lowest BCUT2D eigenvalue weighted by atomic mass is 10.1. The Morgan fingerprint density at radius 2 is 1.81 bits per heavy atom. The van der Waals surface area contributed by atoms with Gasteiger partial charge in [0.25, 0.3) is 0 Å². The van der Waals surface area contributed by atoms with E-state index in [0.29, 0.717) is 29.2 Å². The smallest absolute Gasteiger partial charge is 0.224 e. The Morgan fingerprint density at radius 3 is 2.48 bits per heavy atom. The first kappa shape index (κ1) is 15.7. The number of methoxy groups -OCH3 is 2. The van der Waals surface area contributed by atoms with Crippen molar-refractivity contribution in [3.63, 3.8) is 0 Å². The molecule has 0 radical (unpaired) electrons. The SMILES string of the molecule is COCCc1ccc(Oc2cc(Cl)nc(COC)n2)cc1. The minimum atomic E-state index is 0.285. The molecule has 2 rings (SSSR count). The monoisotopic (exact) mass is 308 g/mol. The zero-order chi connectivity index (χ0) is 15.1. The highest BCUT2D eigenvalue weighted by Gasteiger charge is 2.05. The van der Waals surface area contributed by atoms with Crippen molar-refractivity contribution in [3.05, 3.63) is 46.9 Å². The summed E-state index contributed by atoms with van der Waals surface area (Å²) in [7, 11) is 3.26. The van der Waals surface area contributed by atoms with E-state index >= 15 is 0 Å². The van der Waals surface area contributed by atoms with Crippen molar-refractivity contribution >= 4 is 11.6 Å². The summed E-state index contributed by atoms with van der Waals surface area (Å²) < 4.78 is 15.7. The van der Waals surface area contributed by atoms with Crippen LogP contribution in [-0.2, 0) is 22.5 Å². The number of halogens is 1. The number of nitrogens with zero attached hydrogens (tertiary/aromatic N) is 2. The summed E-state index contributed by atoms with van der Waals surface area (Å²) in [6.45, 7) is 0.981. The molecule has 2 aromatic rings. The zero-order valence-corrected chi connectivity index (χ0v) is 12.8. The van der Waals surface area contributed by atoms with Crippen LogP contribution in [0.25, 0.3) is 0 Å². The minimum absolute atomic E-state index is 0.285. The summed E-state index contributed by atoms with van der Waals surface area (Å²) in [5.74, 6) is 1.57. The molecule has 1 heterocycles. The van der Waals surface area contributed by atoms with Crippen LogP contribution in [0.2, 0.25) is 5.15 Å². The second-order valence-electron chi connectivity index (χ2n) is 4.37. The van der Waals surface area contributed by atoms with Crippen molar-refractivity contribution in [2.45, 2.75) is 13.0 Å². The van der Waals surface area contributed by atoms with Crippen LogP contribution in [-0.4, -0.2) is 30.8 Å². The summed E-state index contributed by atoms with van der Waals surface area (Å²) in [5, 5.41) is 0.323. The largest absolute Gasteiger partial charge is 0.439 e. The van der Waals surface area contributed by atoms with Crippen LogP contribution in [0.1, 0.15) is 11.4 Å². The molecular weight excluding hydrogens is 292 g/mol. The van der Waals surface area contributed by atoms with Crippen molar-refractivity contribution in [2.24, 2.45) is 0 Å². The number of hydrogen-bond donors (Lipinski definition) is 0. The number of rotatable bonds is 7. The number of benzene rings is 1. The molecular formula is C15H17ClN2O3. The van der Waals surface area contributed by atoms with E-state index in [-0.39, 0.29) is 6.61 Å². The van der Waals surface area contributed by atoms with Gasteiger partial charge >= 0.3 is 0 Å². The molecule has 0 aliphatic heterocycles. The van der Waals surface area contributed by atoms with Crippen LogP contribution in [0.4, 0.5) is 0 Å². The molecule has 0 spiro atoms. The third-order valence-electron chi connectivity index (χ3n) is 2.73. The second kappa shape index (κ2) is 7.93. The van der Waals surface area contributed by atoms with Gasteiger partial charge in [0.1, 0.15) is 17.5 Å². The molecule has 0 unspecified atom stereocenters. The van der Waals surface area contributed by atoms with E-state index in [0.717, 1.165) is 6.42 Å². The molecule has 0 saturated heterocycles. The lowest BCUT2D eigenvalue weighted by Gasteiger charge is -2.07. The van der Waals surface area contributed by atoms with E-state index in [9.17, 15) is 0 Å². The average molecular weight is 309 g/mol. The third-order valence-corrected chi connectivity index (χ3v) is 2.93. The summed E-state index contributed by atoms with van der Waals surface area (Å²) in [6, 6.07) is 9.33. The van der Waals surface area contributed by atoms with E-state index in [1.165, 1.54) is 5.56 Å². The van der Waals surface area contributed by atoms with Gasteiger partial charge in [-0.3, -0.25) is 0 Å². The fourth-order valence-corrected chi connectivity index (χ4v) is 1.94. The number of aromatic nitrogens is 2. The van der Waals surface area contributed by atoms with Gasteiger partial charge in [0, 0.05) is 20.3 Å². The fraction of sp³-hybridized carbons (Fsp3) is 0.333. The molecule has 0 fully saturated rings. The summed E-state index contributed by atoms with van der Waals surface area (Å²) >= 11 is 5.93. The van der Waals surface area contributed by atoms with Gasteiger partial charge in [0.05, 0.1) is 6.61 Å². The van der Waals surface area contributed by atoms with Gasteiger partial charge < -0.3 is 14.2 Å². The van der Waals surface area contributed by atoms with Crippen molar-refractivity contribution in [1.29, 1.82) is 0 Å². The Bertz CT molecular complexity index is 576. The molecule has 1 aromatic carbocycles. The summed E-state index contributed by atoms with van der Waals surface area (Å²) in [5.41, 5.74) is 1.19. The topological polar surface area (TPSA) is 53.5 Å². The standard InChI is InChI=1S/C15H17ClN2O3/c1-19-8-7-11-3-5-12(6-4-11)21-15-9-13(16)17-14(18-15)10-20-2/h3-6,9H,7-8,10H2,1-2H3. The third kappa shape index (κ3) is 4.97. The quantitative estimate of drug-likeness (QED) is 0.735. The first-order chi connectivity index (χ1) is 10.2. The van der Waals surface area contributed by atoms with Crippen LogP contribution in [0.15, 0.2) is 30.3 Å². The van der Waals surface area contributed by atoms with E-state index in [2.05, 4.69) is 9.97 Å². The second-order valence-corrected chi connectivity index (χ2v) is 4.75. The van der Waals surface area contributed by atoms with Crippen molar-refractivity contribution in [3.8, 4) is 11.6 Å². The van der Waals surface area contributed by atoms with Crippen LogP contribution < -0.4 is 4.74 Å². The molecule has 6 heteroatoms. The Labute approximate surface area is 128 Å². The van der Waals surface area contributed by atoms with Gasteiger partial charge in [0.2, 0.25) is 5.88 Å². The van der Waals surface area contributed by atoms with Crippen LogP contribution in [0.3, 0.4) is 0 Å². The molecule has 0 N–H and O–H groups in total. The molecule has 0 amide bonds. The molecule has 21 heavy (non-hydrogen) atoms. The van der Waals surface area contributed by atoms with E-state index < -0.39 is 0 Å². The Hall–Kier alpha value is -1.69. The maximum Gasteiger partial charge on any atom is 0.224 e. The Kier molecular flexibility index (Phi) is 5.92.